The molecule has 3 aromatic carbocycles. The minimum absolute atomic E-state index is 0.0514. The van der Waals surface area contributed by atoms with Crippen molar-refractivity contribution in [2.75, 3.05) is 25.1 Å². The summed E-state index contributed by atoms with van der Waals surface area (Å²) in [5.74, 6) is -2.30. The number of para-hydroxylation sites is 1. The number of aliphatic carboxylic acids is 1. The van der Waals surface area contributed by atoms with E-state index in [1.54, 1.807) is 12.0 Å². The molecule has 1 aromatic heterocycles. The van der Waals surface area contributed by atoms with Gasteiger partial charge in [-0.1, -0.05) is 75.4 Å². The van der Waals surface area contributed by atoms with Crippen molar-refractivity contribution < 1.29 is 33.8 Å². The van der Waals surface area contributed by atoms with Gasteiger partial charge in [0.15, 0.2) is 0 Å². The Morgan fingerprint density at radius 2 is 1.80 bits per heavy atom. The lowest BCUT2D eigenvalue weighted by Crippen LogP contribution is -2.55. The first-order valence-electron chi connectivity index (χ1n) is 18.9. The zero-order chi connectivity index (χ0) is 39.1. The Hall–Kier alpha value is -5.71. The van der Waals surface area contributed by atoms with E-state index < -0.39 is 46.8 Å². The molecule has 1 aliphatic carbocycles. The standard InChI is InChI=1S/C44H48N4O7/c1-6-29-25-44(29,42(52)53)46-40(50)37-22-31(55-38-24-34(27-13-8-7-9-14-27)45-35-21-30(54-5)18-19-32(35)38)26-48(37)41(51)33(43(2,3)4)23-39(49)47-20-12-16-28-15-10-11-17-36(28)47/h6-11,13-15,17-19,21,24,29,31,33,37H,1,12,16,20,22-23,25-26H2,2-5H3,(H,46,50)(H,52,53)/t29?,31-,33?,37+,44?/m1/s1. The molecule has 3 heterocycles. The van der Waals surface area contributed by atoms with Gasteiger partial charge >= 0.3 is 5.97 Å². The summed E-state index contributed by atoms with van der Waals surface area (Å²) >= 11 is 0. The quantitative estimate of drug-likeness (QED) is 0.168. The van der Waals surface area contributed by atoms with Gasteiger partial charge in [0.05, 0.1) is 30.8 Å². The number of nitrogens with zero attached hydrogens (tertiary/aromatic N) is 3. The summed E-state index contributed by atoms with van der Waals surface area (Å²) < 4.78 is 12.2. The maximum atomic E-state index is 14.9. The van der Waals surface area contributed by atoms with Crippen LogP contribution in [0, 0.1) is 17.3 Å². The molecule has 0 bridgehead atoms. The van der Waals surface area contributed by atoms with Gasteiger partial charge in [-0.25, -0.2) is 9.78 Å². The molecular formula is C44H48N4O7. The summed E-state index contributed by atoms with van der Waals surface area (Å²) in [7, 11) is 1.59. The zero-order valence-corrected chi connectivity index (χ0v) is 31.8. The van der Waals surface area contributed by atoms with Gasteiger partial charge in [0.25, 0.3) is 0 Å². The number of fused-ring (bicyclic) bond motifs is 2. The third kappa shape index (κ3) is 7.39. The molecule has 3 unspecified atom stereocenters. The number of nitrogens with one attached hydrogen (secondary N) is 1. The van der Waals surface area contributed by atoms with Gasteiger partial charge in [-0.15, -0.1) is 6.58 Å². The van der Waals surface area contributed by atoms with E-state index in [9.17, 15) is 24.3 Å². The maximum Gasteiger partial charge on any atom is 0.330 e. The number of aryl methyl sites for hydroxylation is 1. The fourth-order valence-electron chi connectivity index (χ4n) is 8.07. The lowest BCUT2D eigenvalue weighted by Gasteiger charge is -2.37. The third-order valence-electron chi connectivity index (χ3n) is 11.4. The van der Waals surface area contributed by atoms with E-state index in [0.717, 1.165) is 35.0 Å². The Kier molecular flexibility index (Phi) is 10.1. The molecule has 2 aliphatic heterocycles. The first-order valence-corrected chi connectivity index (χ1v) is 18.9. The van der Waals surface area contributed by atoms with Crippen molar-refractivity contribution in [2.24, 2.45) is 17.3 Å². The SMILES string of the molecule is C=CC1CC1(NC(=O)[C@@H]1C[C@@H](Oc2cc(-c3ccccc3)nc3cc(OC)ccc23)CN1C(=O)C(CC(=O)N1CCCc2ccccc21)C(C)(C)C)C(=O)O. The first-order chi connectivity index (χ1) is 26.3. The number of benzene rings is 3. The van der Waals surface area contributed by atoms with Crippen LogP contribution in [0.1, 0.15) is 52.0 Å². The van der Waals surface area contributed by atoms with Gasteiger partial charge in [-0.3, -0.25) is 14.4 Å². The van der Waals surface area contributed by atoms with Crippen LogP contribution in [0.4, 0.5) is 5.69 Å². The monoisotopic (exact) mass is 744 g/mol. The molecule has 55 heavy (non-hydrogen) atoms. The summed E-state index contributed by atoms with van der Waals surface area (Å²) in [6, 6.07) is 23.9. The molecule has 3 aliphatic rings. The highest BCUT2D eigenvalue weighted by atomic mass is 16.5. The largest absolute Gasteiger partial charge is 0.497 e. The van der Waals surface area contributed by atoms with Gasteiger partial charge in [0.1, 0.15) is 29.2 Å². The number of methoxy groups -OCH3 is 1. The lowest BCUT2D eigenvalue weighted by molar-refractivity contribution is -0.148. The van der Waals surface area contributed by atoms with Crippen molar-refractivity contribution in [1.29, 1.82) is 0 Å². The second-order valence-electron chi connectivity index (χ2n) is 15.9. The number of pyridine rings is 1. The molecule has 3 amide bonds. The minimum atomic E-state index is -1.49. The molecule has 11 nitrogen and oxygen atoms in total. The number of anilines is 1. The van der Waals surface area contributed by atoms with Crippen molar-refractivity contribution in [3.8, 4) is 22.8 Å². The van der Waals surface area contributed by atoms with Crippen LogP contribution in [0.2, 0.25) is 0 Å². The molecule has 1 saturated heterocycles. The third-order valence-corrected chi connectivity index (χ3v) is 11.4. The molecule has 4 aromatic rings. The predicted molar refractivity (Wildman–Crippen MR) is 210 cm³/mol. The molecule has 1 saturated carbocycles. The van der Waals surface area contributed by atoms with Crippen molar-refractivity contribution in [2.45, 2.75) is 70.6 Å². The summed E-state index contributed by atoms with van der Waals surface area (Å²) in [6.45, 7) is 10.1. The van der Waals surface area contributed by atoms with E-state index in [-0.39, 0.29) is 37.6 Å². The number of hydrogen-bond acceptors (Lipinski definition) is 7. The first kappa shape index (κ1) is 37.6. The van der Waals surface area contributed by atoms with E-state index in [4.69, 9.17) is 14.5 Å². The maximum absolute atomic E-state index is 14.9. The highest BCUT2D eigenvalue weighted by molar-refractivity contribution is 5.99. The molecule has 286 valence electrons. The number of amides is 3. The van der Waals surface area contributed by atoms with Crippen LogP contribution in [0.25, 0.3) is 22.2 Å². The minimum Gasteiger partial charge on any atom is -0.497 e. The van der Waals surface area contributed by atoms with E-state index in [2.05, 4.69) is 11.9 Å². The van der Waals surface area contributed by atoms with Crippen LogP contribution in [0.5, 0.6) is 11.5 Å². The van der Waals surface area contributed by atoms with Crippen LogP contribution >= 0.6 is 0 Å². The average Bonchev–Trinajstić information content (AvgIpc) is 3.75. The molecule has 0 spiro atoms. The molecule has 2 fully saturated rings. The van der Waals surface area contributed by atoms with E-state index in [0.29, 0.717) is 29.3 Å². The Balaban J connectivity index is 1.22. The van der Waals surface area contributed by atoms with Crippen molar-refractivity contribution >= 4 is 40.3 Å². The summed E-state index contributed by atoms with van der Waals surface area (Å²) in [4.78, 5) is 63.8. The van der Waals surface area contributed by atoms with Crippen LogP contribution < -0.4 is 19.7 Å². The van der Waals surface area contributed by atoms with Crippen LogP contribution in [-0.4, -0.2) is 76.6 Å². The van der Waals surface area contributed by atoms with E-state index in [1.807, 2.05) is 99.6 Å². The highest BCUT2D eigenvalue weighted by Gasteiger charge is 2.61. The smallest absolute Gasteiger partial charge is 0.330 e. The Labute approximate surface area is 321 Å². The number of aromatic nitrogens is 1. The summed E-state index contributed by atoms with van der Waals surface area (Å²) in [5.41, 5.74) is 2.02. The summed E-state index contributed by atoms with van der Waals surface area (Å²) in [5, 5.41) is 13.6. The van der Waals surface area contributed by atoms with Crippen molar-refractivity contribution in [3.63, 3.8) is 0 Å². The van der Waals surface area contributed by atoms with Crippen LogP contribution in [0.3, 0.4) is 0 Å². The number of carbonyl (C=O) groups excluding carboxylic acids is 3. The molecule has 2 N–H and O–H groups in total. The zero-order valence-electron chi connectivity index (χ0n) is 31.8. The van der Waals surface area contributed by atoms with E-state index in [1.165, 1.54) is 11.0 Å². The van der Waals surface area contributed by atoms with Gasteiger partial charge in [-0.2, -0.15) is 0 Å². The average molecular weight is 745 g/mol. The fraction of sp³-hybridized carbons (Fsp3) is 0.386. The molecular weight excluding hydrogens is 697 g/mol. The molecule has 7 rings (SSSR count). The fourth-order valence-corrected chi connectivity index (χ4v) is 8.07. The van der Waals surface area contributed by atoms with Gasteiger partial charge in [0, 0.05) is 54.1 Å². The molecule has 0 radical (unpaired) electrons. The molecule has 11 heteroatoms. The van der Waals surface area contributed by atoms with Crippen LogP contribution in [-0.2, 0) is 25.6 Å². The number of carboxylic acids is 1. The number of likely N-dealkylation sites (tertiary alicyclic amines) is 1. The number of carbonyl (C=O) groups is 4. The Bertz CT molecular complexity index is 2150. The van der Waals surface area contributed by atoms with Gasteiger partial charge in [-0.05, 0) is 48.4 Å². The van der Waals surface area contributed by atoms with Gasteiger partial charge in [0.2, 0.25) is 17.7 Å². The Morgan fingerprint density at radius 3 is 2.49 bits per heavy atom. The normalized spacial score (nSPS) is 22.4. The molecule has 5 atom stereocenters. The number of rotatable bonds is 11. The summed E-state index contributed by atoms with van der Waals surface area (Å²) in [6.07, 6.45) is 2.86. The van der Waals surface area contributed by atoms with Crippen molar-refractivity contribution in [1.82, 2.24) is 15.2 Å². The van der Waals surface area contributed by atoms with Gasteiger partial charge < -0.3 is 29.7 Å². The topological polar surface area (TPSA) is 138 Å². The Morgan fingerprint density at radius 1 is 1.05 bits per heavy atom. The second kappa shape index (κ2) is 14.8. The lowest BCUT2D eigenvalue weighted by atomic mass is 9.77. The van der Waals surface area contributed by atoms with E-state index >= 15 is 0 Å². The van der Waals surface area contributed by atoms with Crippen molar-refractivity contribution in [3.05, 3.63) is 97.1 Å². The highest BCUT2D eigenvalue weighted by Crippen LogP contribution is 2.45. The second-order valence-corrected chi connectivity index (χ2v) is 15.9. The van der Waals surface area contributed by atoms with Crippen LogP contribution in [0.15, 0.2) is 91.5 Å². The number of carboxylic acid groups (broad SMARTS) is 1. The predicted octanol–water partition coefficient (Wildman–Crippen LogP) is 6.44. The number of ether oxygens (including phenoxy) is 2. The number of hydrogen-bond donors (Lipinski definition) is 2.